The summed E-state index contributed by atoms with van der Waals surface area (Å²) < 4.78 is 0. The highest BCUT2D eigenvalue weighted by molar-refractivity contribution is 5.82. The molecule has 0 bridgehead atoms. The molecule has 1 aromatic carbocycles. The first-order valence-electron chi connectivity index (χ1n) is 8.99. The van der Waals surface area contributed by atoms with Gasteiger partial charge in [0, 0.05) is 19.5 Å². The van der Waals surface area contributed by atoms with Gasteiger partial charge in [-0.05, 0) is 38.4 Å². The fraction of sp³-hybridized carbons (Fsp3) is 0.579. The quantitative estimate of drug-likeness (QED) is 0.804. The van der Waals surface area contributed by atoms with Crippen molar-refractivity contribution in [2.75, 3.05) is 19.6 Å². The molecule has 1 fully saturated rings. The number of rotatable bonds is 7. The Morgan fingerprint density at radius 1 is 1.04 bits per heavy atom. The minimum Gasteiger partial charge on any atom is -0.354 e. The highest BCUT2D eigenvalue weighted by Crippen LogP contribution is 2.12. The van der Waals surface area contributed by atoms with Gasteiger partial charge in [-0.25, -0.2) is 0 Å². The molecular formula is C19H29N3O2. The van der Waals surface area contributed by atoms with Crippen LogP contribution in [0.25, 0.3) is 0 Å². The Morgan fingerprint density at radius 2 is 1.71 bits per heavy atom. The van der Waals surface area contributed by atoms with Gasteiger partial charge in [0.25, 0.3) is 0 Å². The first kappa shape index (κ1) is 18.5. The molecule has 132 valence electrons. The Kier molecular flexibility index (Phi) is 7.75. The number of amides is 2. The Hall–Kier alpha value is -1.88. The highest BCUT2D eigenvalue weighted by Gasteiger charge is 2.21. The van der Waals surface area contributed by atoms with Gasteiger partial charge in [-0.2, -0.15) is 0 Å². The van der Waals surface area contributed by atoms with Crippen LogP contribution < -0.4 is 10.6 Å². The zero-order valence-corrected chi connectivity index (χ0v) is 14.6. The molecule has 1 heterocycles. The lowest BCUT2D eigenvalue weighted by Gasteiger charge is -2.26. The molecule has 0 unspecified atom stereocenters. The van der Waals surface area contributed by atoms with Crippen LogP contribution in [0.2, 0.25) is 0 Å². The van der Waals surface area contributed by atoms with E-state index in [9.17, 15) is 9.59 Å². The van der Waals surface area contributed by atoms with E-state index in [2.05, 4.69) is 15.5 Å². The lowest BCUT2D eigenvalue weighted by atomic mass is 10.2. The molecule has 1 saturated heterocycles. The average Bonchev–Trinajstić information content (AvgIpc) is 2.89. The summed E-state index contributed by atoms with van der Waals surface area (Å²) in [6.07, 6.45) is 5.16. The molecule has 1 atom stereocenters. The summed E-state index contributed by atoms with van der Waals surface area (Å²) in [6.45, 7) is 4.85. The number of hydrogen-bond donors (Lipinski definition) is 2. The van der Waals surface area contributed by atoms with Gasteiger partial charge in [0.1, 0.15) is 0 Å². The lowest BCUT2D eigenvalue weighted by molar-refractivity contribution is -0.126. The van der Waals surface area contributed by atoms with Crippen LogP contribution in [0.5, 0.6) is 0 Å². The molecule has 0 saturated carbocycles. The van der Waals surface area contributed by atoms with Gasteiger partial charge in [0.2, 0.25) is 11.8 Å². The Balaban J connectivity index is 1.63. The fourth-order valence-electron chi connectivity index (χ4n) is 2.98. The minimum atomic E-state index is -0.115. The van der Waals surface area contributed by atoms with Crippen molar-refractivity contribution in [2.24, 2.45) is 0 Å². The SMILES string of the molecule is C[C@H](C(=O)NCCC(=O)NCc1ccccc1)N1CCCCCC1. The van der Waals surface area contributed by atoms with Crippen LogP contribution in [0.1, 0.15) is 44.6 Å². The molecule has 0 spiro atoms. The zero-order chi connectivity index (χ0) is 17.2. The van der Waals surface area contributed by atoms with Crippen LogP contribution >= 0.6 is 0 Å². The van der Waals surface area contributed by atoms with Crippen molar-refractivity contribution in [3.63, 3.8) is 0 Å². The highest BCUT2D eigenvalue weighted by atomic mass is 16.2. The van der Waals surface area contributed by atoms with Crippen molar-refractivity contribution < 1.29 is 9.59 Å². The summed E-state index contributed by atoms with van der Waals surface area (Å²) >= 11 is 0. The van der Waals surface area contributed by atoms with Gasteiger partial charge in [0.05, 0.1) is 6.04 Å². The normalized spacial score (nSPS) is 16.9. The Morgan fingerprint density at radius 3 is 2.38 bits per heavy atom. The molecule has 1 aliphatic heterocycles. The third kappa shape index (κ3) is 6.32. The average molecular weight is 331 g/mol. The van der Waals surface area contributed by atoms with E-state index in [4.69, 9.17) is 0 Å². The van der Waals surface area contributed by atoms with Crippen LogP contribution in [-0.2, 0) is 16.1 Å². The maximum absolute atomic E-state index is 12.2. The maximum Gasteiger partial charge on any atom is 0.237 e. The third-order valence-electron chi connectivity index (χ3n) is 4.55. The van der Waals surface area contributed by atoms with Crippen LogP contribution in [0, 0.1) is 0 Å². The summed E-state index contributed by atoms with van der Waals surface area (Å²) in [5.74, 6) is -0.0191. The second-order valence-electron chi connectivity index (χ2n) is 6.43. The number of carbonyl (C=O) groups is 2. The first-order chi connectivity index (χ1) is 11.7. The van der Waals surface area contributed by atoms with Crippen molar-refractivity contribution in [3.8, 4) is 0 Å². The Bertz CT molecular complexity index is 511. The van der Waals surface area contributed by atoms with E-state index in [-0.39, 0.29) is 17.9 Å². The van der Waals surface area contributed by atoms with Gasteiger partial charge in [0.15, 0.2) is 0 Å². The lowest BCUT2D eigenvalue weighted by Crippen LogP contribution is -2.46. The molecule has 0 aromatic heterocycles. The summed E-state index contributed by atoms with van der Waals surface area (Å²) in [5, 5.41) is 5.76. The van der Waals surface area contributed by atoms with E-state index >= 15 is 0 Å². The van der Waals surface area contributed by atoms with E-state index in [1.165, 1.54) is 25.7 Å². The van der Waals surface area contributed by atoms with E-state index in [0.29, 0.717) is 19.5 Å². The number of carbonyl (C=O) groups excluding carboxylic acids is 2. The van der Waals surface area contributed by atoms with Crippen molar-refractivity contribution >= 4 is 11.8 Å². The molecule has 2 N–H and O–H groups in total. The van der Waals surface area contributed by atoms with E-state index < -0.39 is 0 Å². The van der Waals surface area contributed by atoms with Gasteiger partial charge in [-0.1, -0.05) is 43.2 Å². The minimum absolute atomic E-state index is 0.0211. The summed E-state index contributed by atoms with van der Waals surface area (Å²) in [5.41, 5.74) is 1.07. The number of likely N-dealkylation sites (tertiary alicyclic amines) is 1. The zero-order valence-electron chi connectivity index (χ0n) is 14.6. The number of benzene rings is 1. The molecule has 5 nitrogen and oxygen atoms in total. The molecule has 0 aliphatic carbocycles. The topological polar surface area (TPSA) is 61.4 Å². The molecule has 2 amide bonds. The molecular weight excluding hydrogens is 302 g/mol. The Labute approximate surface area is 144 Å². The van der Waals surface area contributed by atoms with Crippen LogP contribution in [0.4, 0.5) is 0 Å². The molecule has 1 aliphatic rings. The number of hydrogen-bond acceptors (Lipinski definition) is 3. The molecule has 5 heteroatoms. The standard InChI is InChI=1S/C19H29N3O2/c1-16(22-13-7-2-3-8-14-22)19(24)20-12-11-18(23)21-15-17-9-5-4-6-10-17/h4-6,9-10,16H,2-3,7-8,11-15H2,1H3,(H,20,24)(H,21,23)/t16-/m1/s1. The maximum atomic E-state index is 12.2. The summed E-state index contributed by atoms with van der Waals surface area (Å²) in [6, 6.07) is 9.69. The molecule has 0 radical (unpaired) electrons. The molecule has 1 aromatic rings. The smallest absolute Gasteiger partial charge is 0.237 e. The monoisotopic (exact) mass is 331 g/mol. The second-order valence-corrected chi connectivity index (χ2v) is 6.43. The van der Waals surface area contributed by atoms with Gasteiger partial charge in [-0.3, -0.25) is 14.5 Å². The van der Waals surface area contributed by atoms with Crippen molar-refractivity contribution in [3.05, 3.63) is 35.9 Å². The molecule has 24 heavy (non-hydrogen) atoms. The second kappa shape index (κ2) is 10.1. The third-order valence-corrected chi connectivity index (χ3v) is 4.55. The van der Waals surface area contributed by atoms with Gasteiger partial charge < -0.3 is 10.6 Å². The van der Waals surface area contributed by atoms with E-state index in [0.717, 1.165) is 18.7 Å². The van der Waals surface area contributed by atoms with E-state index in [1.807, 2.05) is 37.3 Å². The fourth-order valence-corrected chi connectivity index (χ4v) is 2.98. The van der Waals surface area contributed by atoms with Crippen LogP contribution in [0.3, 0.4) is 0 Å². The predicted molar refractivity (Wildman–Crippen MR) is 95.4 cm³/mol. The first-order valence-corrected chi connectivity index (χ1v) is 8.99. The van der Waals surface area contributed by atoms with Crippen molar-refractivity contribution in [1.29, 1.82) is 0 Å². The van der Waals surface area contributed by atoms with E-state index in [1.54, 1.807) is 0 Å². The van der Waals surface area contributed by atoms with Gasteiger partial charge >= 0.3 is 0 Å². The molecule has 2 rings (SSSR count). The van der Waals surface area contributed by atoms with Crippen LogP contribution in [0.15, 0.2) is 30.3 Å². The van der Waals surface area contributed by atoms with Crippen molar-refractivity contribution in [1.82, 2.24) is 15.5 Å². The summed E-state index contributed by atoms with van der Waals surface area (Å²) in [4.78, 5) is 26.3. The predicted octanol–water partition coefficient (Wildman–Crippen LogP) is 2.07. The largest absolute Gasteiger partial charge is 0.354 e. The number of nitrogens with one attached hydrogen (secondary N) is 2. The van der Waals surface area contributed by atoms with Crippen molar-refractivity contribution in [2.45, 2.75) is 51.6 Å². The van der Waals surface area contributed by atoms with Crippen LogP contribution in [-0.4, -0.2) is 42.4 Å². The van der Waals surface area contributed by atoms with Gasteiger partial charge in [-0.15, -0.1) is 0 Å². The number of nitrogens with zero attached hydrogens (tertiary/aromatic N) is 1. The summed E-state index contributed by atoms with van der Waals surface area (Å²) in [7, 11) is 0.